The second-order valence-electron chi connectivity index (χ2n) is 8.79. The summed E-state index contributed by atoms with van der Waals surface area (Å²) in [4.78, 5) is 28.6. The Hall–Kier alpha value is -3.85. The van der Waals surface area contributed by atoms with Crippen LogP contribution in [0.15, 0.2) is 66.7 Å². The quantitative estimate of drug-likeness (QED) is 0.398. The zero-order chi connectivity index (χ0) is 26.6. The van der Waals surface area contributed by atoms with Crippen molar-refractivity contribution in [1.82, 2.24) is 4.90 Å². The van der Waals surface area contributed by atoms with Gasteiger partial charge in [-0.15, -0.1) is 0 Å². The minimum absolute atomic E-state index is 0.206. The molecule has 1 saturated heterocycles. The average Bonchev–Trinajstić information content (AvgIpc) is 2.91. The first-order valence-corrected chi connectivity index (χ1v) is 11.8. The number of esters is 1. The van der Waals surface area contributed by atoms with E-state index in [1.165, 1.54) is 7.11 Å². The third-order valence-corrected chi connectivity index (χ3v) is 6.15. The van der Waals surface area contributed by atoms with E-state index in [-0.39, 0.29) is 12.6 Å². The molecule has 37 heavy (non-hydrogen) atoms. The van der Waals surface area contributed by atoms with E-state index < -0.39 is 17.7 Å². The van der Waals surface area contributed by atoms with Gasteiger partial charge in [-0.1, -0.05) is 30.3 Å². The number of methoxy groups -OCH3 is 1. The molecule has 1 fully saturated rings. The molecule has 3 aromatic rings. The molecule has 3 aromatic carbocycles. The smallest absolute Gasteiger partial charge is 0.416 e. The number of morpholine rings is 1. The number of rotatable bonds is 5. The zero-order valence-corrected chi connectivity index (χ0v) is 20.5. The van der Waals surface area contributed by atoms with Gasteiger partial charge >= 0.3 is 18.2 Å². The number of urea groups is 1. The number of hydrogen-bond acceptors (Lipinski definition) is 4. The van der Waals surface area contributed by atoms with Crippen LogP contribution < -0.4 is 4.90 Å². The molecule has 6 nitrogen and oxygen atoms in total. The lowest BCUT2D eigenvalue weighted by Crippen LogP contribution is -2.48. The normalized spacial score (nSPS) is 13.8. The number of nitrogens with zero attached hydrogens (tertiary/aromatic N) is 2. The van der Waals surface area contributed by atoms with Crippen LogP contribution in [0, 0.1) is 6.92 Å². The Morgan fingerprint density at radius 2 is 1.59 bits per heavy atom. The van der Waals surface area contributed by atoms with E-state index in [1.807, 2.05) is 0 Å². The minimum Gasteiger partial charge on any atom is -0.465 e. The molecule has 0 N–H and O–H groups in total. The number of carbonyl (C=O) groups excluding carboxylic acids is 2. The van der Waals surface area contributed by atoms with Crippen LogP contribution in [-0.4, -0.2) is 50.3 Å². The van der Waals surface area contributed by atoms with Crippen LogP contribution in [0.1, 0.15) is 27.0 Å². The van der Waals surface area contributed by atoms with Gasteiger partial charge in [0.05, 0.1) is 38.0 Å². The molecule has 0 aliphatic carbocycles. The van der Waals surface area contributed by atoms with E-state index in [0.717, 1.165) is 17.7 Å². The van der Waals surface area contributed by atoms with Crippen LogP contribution in [0.2, 0.25) is 0 Å². The van der Waals surface area contributed by atoms with Crippen molar-refractivity contribution in [2.24, 2.45) is 0 Å². The molecule has 0 spiro atoms. The molecule has 0 bridgehead atoms. The highest BCUT2D eigenvalue weighted by Crippen LogP contribution is 2.34. The monoisotopic (exact) mass is 512 g/mol. The second kappa shape index (κ2) is 11.0. The third-order valence-electron chi connectivity index (χ3n) is 6.15. The molecule has 0 saturated carbocycles. The maximum atomic E-state index is 13.5. The van der Waals surface area contributed by atoms with Gasteiger partial charge < -0.3 is 14.4 Å². The van der Waals surface area contributed by atoms with Crippen molar-refractivity contribution in [3.05, 3.63) is 89.0 Å². The van der Waals surface area contributed by atoms with E-state index in [9.17, 15) is 22.8 Å². The molecular formula is C28H27F3N2O4. The Morgan fingerprint density at radius 3 is 2.19 bits per heavy atom. The molecule has 2 amide bonds. The maximum Gasteiger partial charge on any atom is 0.416 e. The summed E-state index contributed by atoms with van der Waals surface area (Å²) in [6.45, 7) is 3.67. The number of amides is 2. The molecule has 0 radical (unpaired) electrons. The molecule has 1 heterocycles. The van der Waals surface area contributed by atoms with E-state index in [2.05, 4.69) is 0 Å². The van der Waals surface area contributed by atoms with E-state index >= 15 is 0 Å². The summed E-state index contributed by atoms with van der Waals surface area (Å²) < 4.78 is 50.0. The summed E-state index contributed by atoms with van der Waals surface area (Å²) in [5.41, 5.74) is 2.66. The fraction of sp³-hybridized carbons (Fsp3) is 0.286. The SMILES string of the molecule is COC(=O)c1ccc(CN(C(=O)N2CCOCC2)c2ccc(-c3cc(C)cc(C(F)(F)F)c3)cc2)cc1. The molecule has 1 aliphatic rings. The highest BCUT2D eigenvalue weighted by molar-refractivity contribution is 5.92. The Balaban J connectivity index is 1.63. The molecule has 0 aromatic heterocycles. The number of alkyl halides is 3. The number of halogens is 3. The van der Waals surface area contributed by atoms with Crippen molar-refractivity contribution in [2.75, 3.05) is 38.3 Å². The second-order valence-corrected chi connectivity index (χ2v) is 8.79. The summed E-state index contributed by atoms with van der Waals surface area (Å²) in [6, 6.07) is 17.4. The van der Waals surface area contributed by atoms with Crippen molar-refractivity contribution in [2.45, 2.75) is 19.6 Å². The lowest BCUT2D eigenvalue weighted by molar-refractivity contribution is -0.137. The van der Waals surface area contributed by atoms with Gasteiger partial charge in [0.15, 0.2) is 0 Å². The number of aryl methyl sites for hydroxylation is 1. The number of anilines is 1. The molecule has 9 heteroatoms. The lowest BCUT2D eigenvalue weighted by Gasteiger charge is -2.33. The van der Waals surface area contributed by atoms with E-state index in [1.54, 1.807) is 71.3 Å². The number of carbonyl (C=O) groups is 2. The summed E-state index contributed by atoms with van der Waals surface area (Å²) in [5, 5.41) is 0. The highest BCUT2D eigenvalue weighted by Gasteiger charge is 2.31. The van der Waals surface area contributed by atoms with Crippen LogP contribution in [0.5, 0.6) is 0 Å². The van der Waals surface area contributed by atoms with Crippen molar-refractivity contribution >= 4 is 17.7 Å². The molecule has 4 rings (SSSR count). The van der Waals surface area contributed by atoms with Crippen molar-refractivity contribution in [1.29, 1.82) is 0 Å². The Kier molecular flexibility index (Phi) is 7.83. The number of ether oxygens (including phenoxy) is 2. The van der Waals surface area contributed by atoms with Gasteiger partial charge in [0.25, 0.3) is 0 Å². The van der Waals surface area contributed by atoms with Crippen LogP contribution >= 0.6 is 0 Å². The van der Waals surface area contributed by atoms with Gasteiger partial charge in [0.2, 0.25) is 0 Å². The van der Waals surface area contributed by atoms with E-state index in [0.29, 0.717) is 54.2 Å². The number of benzene rings is 3. The van der Waals surface area contributed by atoms with Gasteiger partial charge in [-0.3, -0.25) is 4.90 Å². The summed E-state index contributed by atoms with van der Waals surface area (Å²) >= 11 is 0. The lowest BCUT2D eigenvalue weighted by atomic mass is 9.99. The minimum atomic E-state index is -4.44. The van der Waals surface area contributed by atoms with Crippen LogP contribution in [0.3, 0.4) is 0 Å². The number of hydrogen-bond donors (Lipinski definition) is 0. The standard InChI is InChI=1S/C28H27F3N2O4/c1-19-15-23(17-24(16-19)28(29,30)31)21-7-9-25(10-8-21)33(27(35)32-11-13-37-14-12-32)18-20-3-5-22(6-4-20)26(34)36-2/h3-10,15-17H,11-14,18H2,1-2H3. The molecule has 1 aliphatic heterocycles. The van der Waals surface area contributed by atoms with Crippen molar-refractivity contribution < 1.29 is 32.2 Å². The predicted molar refractivity (Wildman–Crippen MR) is 133 cm³/mol. The van der Waals surface area contributed by atoms with Crippen LogP contribution in [0.25, 0.3) is 11.1 Å². The Bertz CT molecular complexity index is 1250. The van der Waals surface area contributed by atoms with Gasteiger partial charge in [-0.05, 0) is 65.6 Å². The largest absolute Gasteiger partial charge is 0.465 e. The van der Waals surface area contributed by atoms with Gasteiger partial charge in [-0.2, -0.15) is 13.2 Å². The molecule has 0 atom stereocenters. The summed E-state index contributed by atoms with van der Waals surface area (Å²) in [5.74, 6) is -0.451. The predicted octanol–water partition coefficient (Wildman–Crippen LogP) is 5.93. The first-order chi connectivity index (χ1) is 17.7. The topological polar surface area (TPSA) is 59.1 Å². The average molecular weight is 513 g/mol. The van der Waals surface area contributed by atoms with Crippen LogP contribution in [-0.2, 0) is 22.2 Å². The van der Waals surface area contributed by atoms with Crippen LogP contribution in [0.4, 0.5) is 23.7 Å². The molecule has 0 unspecified atom stereocenters. The van der Waals surface area contributed by atoms with Crippen molar-refractivity contribution in [3.63, 3.8) is 0 Å². The van der Waals surface area contributed by atoms with Gasteiger partial charge in [-0.25, -0.2) is 9.59 Å². The zero-order valence-electron chi connectivity index (χ0n) is 20.5. The summed E-state index contributed by atoms with van der Waals surface area (Å²) in [7, 11) is 1.31. The Labute approximate surface area is 213 Å². The first-order valence-electron chi connectivity index (χ1n) is 11.8. The molecular weight excluding hydrogens is 485 g/mol. The first kappa shape index (κ1) is 26.2. The van der Waals surface area contributed by atoms with Crippen molar-refractivity contribution in [3.8, 4) is 11.1 Å². The Morgan fingerprint density at radius 1 is 0.946 bits per heavy atom. The highest BCUT2D eigenvalue weighted by atomic mass is 19.4. The maximum absolute atomic E-state index is 13.5. The van der Waals surface area contributed by atoms with E-state index in [4.69, 9.17) is 9.47 Å². The fourth-order valence-electron chi connectivity index (χ4n) is 4.19. The fourth-order valence-corrected chi connectivity index (χ4v) is 4.19. The molecule has 194 valence electrons. The third kappa shape index (κ3) is 6.29. The van der Waals surface area contributed by atoms with Gasteiger partial charge in [0, 0.05) is 18.8 Å². The van der Waals surface area contributed by atoms with Gasteiger partial charge in [0.1, 0.15) is 0 Å². The summed E-state index contributed by atoms with van der Waals surface area (Å²) in [6.07, 6.45) is -4.44.